The second-order valence-corrected chi connectivity index (χ2v) is 2.55. The van der Waals surface area contributed by atoms with Crippen LogP contribution in [0.5, 0.6) is 0 Å². The number of aliphatic hydroxyl groups excluding tert-OH is 1. The van der Waals surface area contributed by atoms with Crippen molar-refractivity contribution in [1.82, 2.24) is 10.1 Å². The van der Waals surface area contributed by atoms with Crippen LogP contribution in [0, 0.1) is 0 Å². The Kier molecular flexibility index (Phi) is 3.19. The Hall–Kier alpha value is -0.940. The van der Waals surface area contributed by atoms with E-state index in [0.29, 0.717) is 5.82 Å². The number of aryl methyl sites for hydroxylation is 1. The molecule has 0 bridgehead atoms. The largest absolute Gasteiger partial charge is 0.382 e. The average Bonchev–Trinajstić information content (AvgIpc) is 2.52. The third-order valence-electron chi connectivity index (χ3n) is 1.47. The van der Waals surface area contributed by atoms with Crippen LogP contribution in [0.1, 0.15) is 31.2 Å². The maximum atomic E-state index is 9.19. The summed E-state index contributed by atoms with van der Waals surface area (Å²) in [6.45, 7) is 2.13. The fraction of sp³-hybridized carbons (Fsp3) is 0.714. The Balaban J connectivity index is 2.63. The second-order valence-electron chi connectivity index (χ2n) is 2.55. The van der Waals surface area contributed by atoms with Crippen LogP contribution in [0.2, 0.25) is 0 Å². The molecule has 0 aliphatic carbocycles. The molecule has 1 aromatic rings. The summed E-state index contributed by atoms with van der Waals surface area (Å²) in [5.74, 6) is 0.834. The molecule has 1 atom stereocenters. The standard InChI is InChI=1S/C7H13N3O2/c1-2-3-6-9-7(12-10-6)5(11)4-8/h5,11H,2-4,8H2,1H3/t5-/m0/s1. The summed E-state index contributed by atoms with van der Waals surface area (Å²) in [5, 5.41) is 12.9. The van der Waals surface area contributed by atoms with Crippen molar-refractivity contribution in [2.24, 2.45) is 5.73 Å². The summed E-state index contributed by atoms with van der Waals surface area (Å²) in [7, 11) is 0. The fourth-order valence-corrected chi connectivity index (χ4v) is 0.829. The van der Waals surface area contributed by atoms with Crippen molar-refractivity contribution in [2.45, 2.75) is 25.9 Å². The highest BCUT2D eigenvalue weighted by Crippen LogP contribution is 2.08. The molecule has 0 fully saturated rings. The highest BCUT2D eigenvalue weighted by molar-refractivity contribution is 4.89. The highest BCUT2D eigenvalue weighted by Gasteiger charge is 2.13. The zero-order valence-corrected chi connectivity index (χ0v) is 7.03. The summed E-state index contributed by atoms with van der Waals surface area (Å²) < 4.78 is 4.78. The number of aromatic nitrogens is 2. The third-order valence-corrected chi connectivity index (χ3v) is 1.47. The average molecular weight is 171 g/mol. The number of hydrogen-bond acceptors (Lipinski definition) is 5. The maximum absolute atomic E-state index is 9.19. The first kappa shape index (κ1) is 9.15. The molecular weight excluding hydrogens is 158 g/mol. The van der Waals surface area contributed by atoms with E-state index in [2.05, 4.69) is 10.1 Å². The molecule has 1 heterocycles. The van der Waals surface area contributed by atoms with Gasteiger partial charge in [-0.15, -0.1) is 0 Å². The molecule has 1 aromatic heterocycles. The van der Waals surface area contributed by atoms with E-state index in [1.54, 1.807) is 0 Å². The van der Waals surface area contributed by atoms with Gasteiger partial charge in [0.25, 0.3) is 5.89 Å². The summed E-state index contributed by atoms with van der Waals surface area (Å²) in [6.07, 6.45) is 0.890. The quantitative estimate of drug-likeness (QED) is 0.666. The van der Waals surface area contributed by atoms with Gasteiger partial charge >= 0.3 is 0 Å². The molecule has 0 saturated carbocycles. The summed E-state index contributed by atoms with van der Waals surface area (Å²) in [6, 6.07) is 0. The fourth-order valence-electron chi connectivity index (χ4n) is 0.829. The maximum Gasteiger partial charge on any atom is 0.256 e. The molecule has 0 radical (unpaired) electrons. The van der Waals surface area contributed by atoms with Crippen LogP contribution in [0.3, 0.4) is 0 Å². The van der Waals surface area contributed by atoms with E-state index in [-0.39, 0.29) is 12.4 Å². The van der Waals surface area contributed by atoms with Gasteiger partial charge in [-0.25, -0.2) is 0 Å². The molecule has 0 amide bonds. The number of aliphatic hydroxyl groups is 1. The number of nitrogens with two attached hydrogens (primary N) is 1. The van der Waals surface area contributed by atoms with Crippen LogP contribution in [-0.2, 0) is 6.42 Å². The van der Waals surface area contributed by atoms with Gasteiger partial charge < -0.3 is 15.4 Å². The normalized spacial score (nSPS) is 13.2. The SMILES string of the molecule is CCCc1noc([C@@H](O)CN)n1. The summed E-state index contributed by atoms with van der Waals surface area (Å²) in [5.41, 5.74) is 5.21. The number of hydrogen-bond donors (Lipinski definition) is 2. The van der Waals surface area contributed by atoms with Gasteiger partial charge in [0, 0.05) is 13.0 Å². The summed E-state index contributed by atoms with van der Waals surface area (Å²) >= 11 is 0. The Morgan fingerprint density at radius 1 is 1.67 bits per heavy atom. The number of nitrogens with zero attached hydrogens (tertiary/aromatic N) is 2. The zero-order valence-electron chi connectivity index (χ0n) is 7.03. The van der Waals surface area contributed by atoms with Gasteiger partial charge in [-0.3, -0.25) is 0 Å². The molecule has 68 valence electrons. The van der Waals surface area contributed by atoms with Crippen molar-refractivity contribution >= 4 is 0 Å². The van der Waals surface area contributed by atoms with Gasteiger partial charge in [0.2, 0.25) is 0 Å². The monoisotopic (exact) mass is 171 g/mol. The zero-order chi connectivity index (χ0) is 8.97. The molecule has 5 heteroatoms. The molecule has 5 nitrogen and oxygen atoms in total. The minimum absolute atomic E-state index is 0.105. The van der Waals surface area contributed by atoms with Crippen molar-refractivity contribution in [3.8, 4) is 0 Å². The van der Waals surface area contributed by atoms with Crippen LogP contribution in [-0.4, -0.2) is 21.8 Å². The molecule has 0 aromatic carbocycles. The number of rotatable bonds is 4. The second kappa shape index (κ2) is 4.18. The van der Waals surface area contributed by atoms with Crippen molar-refractivity contribution in [1.29, 1.82) is 0 Å². The lowest BCUT2D eigenvalue weighted by molar-refractivity contribution is 0.141. The highest BCUT2D eigenvalue weighted by atomic mass is 16.5. The van der Waals surface area contributed by atoms with Gasteiger partial charge in [-0.2, -0.15) is 4.98 Å². The van der Waals surface area contributed by atoms with Crippen LogP contribution in [0.25, 0.3) is 0 Å². The van der Waals surface area contributed by atoms with E-state index in [4.69, 9.17) is 10.3 Å². The molecule has 0 aliphatic heterocycles. The molecule has 0 aliphatic rings. The van der Waals surface area contributed by atoms with Gasteiger partial charge in [0.05, 0.1) is 0 Å². The molecule has 3 N–H and O–H groups in total. The Morgan fingerprint density at radius 2 is 2.42 bits per heavy atom. The van der Waals surface area contributed by atoms with Crippen LogP contribution in [0.4, 0.5) is 0 Å². The first-order valence-corrected chi connectivity index (χ1v) is 3.98. The lowest BCUT2D eigenvalue weighted by Gasteiger charge is -1.97. The molecule has 0 saturated heterocycles. The minimum Gasteiger partial charge on any atom is -0.382 e. The topological polar surface area (TPSA) is 85.2 Å². The van der Waals surface area contributed by atoms with Gasteiger partial charge in [-0.1, -0.05) is 12.1 Å². The van der Waals surface area contributed by atoms with Crippen molar-refractivity contribution < 1.29 is 9.63 Å². The summed E-state index contributed by atoms with van der Waals surface area (Å²) in [4.78, 5) is 3.96. The molecule has 0 spiro atoms. The van der Waals surface area contributed by atoms with E-state index >= 15 is 0 Å². The molecule has 1 rings (SSSR count). The van der Waals surface area contributed by atoms with E-state index in [0.717, 1.165) is 12.8 Å². The van der Waals surface area contributed by atoms with Crippen molar-refractivity contribution in [3.05, 3.63) is 11.7 Å². The van der Waals surface area contributed by atoms with E-state index in [9.17, 15) is 5.11 Å². The Bertz CT molecular complexity index is 236. The lowest BCUT2D eigenvalue weighted by Crippen LogP contribution is -2.11. The Morgan fingerprint density at radius 3 is 3.00 bits per heavy atom. The lowest BCUT2D eigenvalue weighted by atomic mass is 10.3. The van der Waals surface area contributed by atoms with Crippen molar-refractivity contribution in [2.75, 3.05) is 6.54 Å². The van der Waals surface area contributed by atoms with Crippen molar-refractivity contribution in [3.63, 3.8) is 0 Å². The smallest absolute Gasteiger partial charge is 0.256 e. The minimum atomic E-state index is -0.830. The third kappa shape index (κ3) is 2.02. The van der Waals surface area contributed by atoms with Gasteiger partial charge in [-0.05, 0) is 6.42 Å². The molecule has 0 unspecified atom stereocenters. The van der Waals surface area contributed by atoms with E-state index < -0.39 is 6.10 Å². The van der Waals surface area contributed by atoms with E-state index in [1.165, 1.54) is 0 Å². The van der Waals surface area contributed by atoms with Crippen LogP contribution in [0.15, 0.2) is 4.52 Å². The molecule has 12 heavy (non-hydrogen) atoms. The van der Waals surface area contributed by atoms with Gasteiger partial charge in [0.15, 0.2) is 5.82 Å². The predicted octanol–water partition coefficient (Wildman–Crippen LogP) is 0.0142. The Labute approximate surface area is 70.6 Å². The predicted molar refractivity (Wildman–Crippen MR) is 42.3 cm³/mol. The van der Waals surface area contributed by atoms with Crippen LogP contribution >= 0.6 is 0 Å². The first-order chi connectivity index (χ1) is 5.77. The molecular formula is C7H13N3O2. The van der Waals surface area contributed by atoms with Gasteiger partial charge in [0.1, 0.15) is 6.10 Å². The van der Waals surface area contributed by atoms with E-state index in [1.807, 2.05) is 6.92 Å². The van der Waals surface area contributed by atoms with Crippen LogP contribution < -0.4 is 5.73 Å². The first-order valence-electron chi connectivity index (χ1n) is 3.98.